The monoisotopic (exact) mass is 337 g/mol. The molecule has 0 aliphatic heterocycles. The fourth-order valence-electron chi connectivity index (χ4n) is 2.35. The summed E-state index contributed by atoms with van der Waals surface area (Å²) in [5, 5.41) is 15.9. The Morgan fingerprint density at radius 3 is 2.52 bits per heavy atom. The number of amides is 1. The van der Waals surface area contributed by atoms with Gasteiger partial charge in [-0.3, -0.25) is 9.48 Å². The van der Waals surface area contributed by atoms with Crippen molar-refractivity contribution in [1.82, 2.24) is 25.1 Å². The van der Waals surface area contributed by atoms with Crippen LogP contribution in [0.25, 0.3) is 0 Å². The highest BCUT2D eigenvalue weighted by atomic mass is 16.4. The normalized spacial score (nSPS) is 11.7. The van der Waals surface area contributed by atoms with Crippen molar-refractivity contribution in [3.63, 3.8) is 0 Å². The summed E-state index contributed by atoms with van der Waals surface area (Å²) in [6, 6.07) is 13.3. The number of nitrogens with zero attached hydrogens (tertiary/aromatic N) is 4. The Morgan fingerprint density at radius 2 is 1.84 bits per heavy atom. The van der Waals surface area contributed by atoms with Crippen LogP contribution in [0.5, 0.6) is 0 Å². The Bertz CT molecular complexity index is 865. The SMILES string of the molecule is O=C(O)c1cccc(C(=O)NC(Cn2cncn2)c2ccccc2)n1. The molecular formula is C17H15N5O3. The van der Waals surface area contributed by atoms with Crippen molar-refractivity contribution >= 4 is 11.9 Å². The van der Waals surface area contributed by atoms with Gasteiger partial charge in [0.05, 0.1) is 12.6 Å². The molecule has 0 fully saturated rings. The summed E-state index contributed by atoms with van der Waals surface area (Å²) in [7, 11) is 0. The maximum atomic E-state index is 12.5. The summed E-state index contributed by atoms with van der Waals surface area (Å²) < 4.78 is 1.61. The molecule has 0 saturated heterocycles. The minimum atomic E-state index is -1.18. The highest BCUT2D eigenvalue weighted by Crippen LogP contribution is 2.15. The molecule has 126 valence electrons. The molecule has 3 rings (SSSR count). The predicted molar refractivity (Wildman–Crippen MR) is 87.9 cm³/mol. The number of carboxylic acids is 1. The molecule has 1 atom stereocenters. The Hall–Kier alpha value is -3.55. The summed E-state index contributed by atoms with van der Waals surface area (Å²) >= 11 is 0. The van der Waals surface area contributed by atoms with Crippen LogP contribution in [0.15, 0.2) is 61.2 Å². The van der Waals surface area contributed by atoms with Crippen LogP contribution in [-0.2, 0) is 6.54 Å². The third-order valence-corrected chi connectivity index (χ3v) is 3.54. The summed E-state index contributed by atoms with van der Waals surface area (Å²) in [5.74, 6) is -1.64. The molecule has 0 aliphatic carbocycles. The third-order valence-electron chi connectivity index (χ3n) is 3.54. The molecule has 0 aliphatic rings. The number of aromatic carboxylic acids is 1. The van der Waals surface area contributed by atoms with Crippen LogP contribution < -0.4 is 5.32 Å². The van der Waals surface area contributed by atoms with E-state index in [0.717, 1.165) is 5.56 Å². The van der Waals surface area contributed by atoms with Crippen LogP contribution in [0.4, 0.5) is 0 Å². The molecule has 3 aromatic rings. The lowest BCUT2D eigenvalue weighted by Crippen LogP contribution is -2.32. The fraction of sp³-hybridized carbons (Fsp3) is 0.118. The number of carbonyl (C=O) groups is 2. The molecule has 8 nitrogen and oxygen atoms in total. The van der Waals surface area contributed by atoms with Gasteiger partial charge in [0.1, 0.15) is 24.0 Å². The van der Waals surface area contributed by atoms with Crippen molar-refractivity contribution in [3.05, 3.63) is 78.1 Å². The Labute approximate surface area is 143 Å². The van der Waals surface area contributed by atoms with Crippen LogP contribution in [0.1, 0.15) is 32.6 Å². The Balaban J connectivity index is 1.83. The van der Waals surface area contributed by atoms with Crippen molar-refractivity contribution in [2.75, 3.05) is 0 Å². The van der Waals surface area contributed by atoms with Crippen molar-refractivity contribution in [3.8, 4) is 0 Å². The number of hydrogen-bond donors (Lipinski definition) is 2. The molecule has 0 bridgehead atoms. The zero-order chi connectivity index (χ0) is 17.6. The second-order valence-electron chi connectivity index (χ2n) is 5.27. The summed E-state index contributed by atoms with van der Waals surface area (Å²) in [5.41, 5.74) is 0.750. The first-order valence-electron chi connectivity index (χ1n) is 7.52. The number of aromatic nitrogens is 4. The average molecular weight is 337 g/mol. The standard InChI is InChI=1S/C17H15N5O3/c23-16(13-7-4-8-14(20-13)17(24)25)21-15(9-22-11-18-10-19-22)12-5-2-1-3-6-12/h1-8,10-11,15H,9H2,(H,21,23)(H,24,25). The summed E-state index contributed by atoms with van der Waals surface area (Å²) in [6.07, 6.45) is 2.98. The Kier molecular flexibility index (Phi) is 4.79. The van der Waals surface area contributed by atoms with Gasteiger partial charge in [0.15, 0.2) is 0 Å². The number of benzene rings is 1. The number of rotatable bonds is 6. The van der Waals surface area contributed by atoms with Gasteiger partial charge in [0, 0.05) is 0 Å². The van der Waals surface area contributed by atoms with E-state index in [9.17, 15) is 9.59 Å². The van der Waals surface area contributed by atoms with E-state index < -0.39 is 11.9 Å². The lowest BCUT2D eigenvalue weighted by Gasteiger charge is -2.19. The van der Waals surface area contributed by atoms with Gasteiger partial charge < -0.3 is 10.4 Å². The maximum Gasteiger partial charge on any atom is 0.354 e. The lowest BCUT2D eigenvalue weighted by molar-refractivity contribution is 0.0690. The van der Waals surface area contributed by atoms with Gasteiger partial charge in [0.2, 0.25) is 0 Å². The van der Waals surface area contributed by atoms with E-state index in [1.54, 1.807) is 11.0 Å². The van der Waals surface area contributed by atoms with Crippen molar-refractivity contribution in [1.29, 1.82) is 0 Å². The number of hydrogen-bond acceptors (Lipinski definition) is 5. The lowest BCUT2D eigenvalue weighted by atomic mass is 10.1. The largest absolute Gasteiger partial charge is 0.477 e. The molecule has 0 radical (unpaired) electrons. The number of carboxylic acid groups (broad SMARTS) is 1. The first kappa shape index (κ1) is 16.3. The van der Waals surface area contributed by atoms with E-state index in [1.165, 1.54) is 24.5 Å². The van der Waals surface area contributed by atoms with Crippen LogP contribution >= 0.6 is 0 Å². The van der Waals surface area contributed by atoms with Gasteiger partial charge in [0.25, 0.3) is 5.91 Å². The second-order valence-corrected chi connectivity index (χ2v) is 5.27. The molecule has 1 amide bonds. The van der Waals surface area contributed by atoms with Crippen LogP contribution in [-0.4, -0.2) is 36.7 Å². The topological polar surface area (TPSA) is 110 Å². The molecule has 2 aromatic heterocycles. The Morgan fingerprint density at radius 1 is 1.08 bits per heavy atom. The number of carbonyl (C=O) groups excluding carboxylic acids is 1. The fourth-order valence-corrected chi connectivity index (χ4v) is 2.35. The number of pyridine rings is 1. The first-order valence-corrected chi connectivity index (χ1v) is 7.52. The van der Waals surface area contributed by atoms with Gasteiger partial charge in [-0.25, -0.2) is 14.8 Å². The second kappa shape index (κ2) is 7.35. The molecule has 1 unspecified atom stereocenters. The highest BCUT2D eigenvalue weighted by Gasteiger charge is 2.18. The molecule has 2 N–H and O–H groups in total. The van der Waals surface area contributed by atoms with E-state index in [2.05, 4.69) is 20.4 Å². The van der Waals surface area contributed by atoms with E-state index in [0.29, 0.717) is 6.54 Å². The van der Waals surface area contributed by atoms with Crippen LogP contribution in [0, 0.1) is 0 Å². The molecule has 25 heavy (non-hydrogen) atoms. The van der Waals surface area contributed by atoms with Gasteiger partial charge in [-0.1, -0.05) is 36.4 Å². The molecule has 2 heterocycles. The van der Waals surface area contributed by atoms with E-state index >= 15 is 0 Å². The van der Waals surface area contributed by atoms with Crippen LogP contribution in [0.2, 0.25) is 0 Å². The highest BCUT2D eigenvalue weighted by molar-refractivity contribution is 5.94. The van der Waals surface area contributed by atoms with Crippen molar-refractivity contribution in [2.45, 2.75) is 12.6 Å². The molecule has 0 spiro atoms. The third kappa shape index (κ3) is 4.05. The van der Waals surface area contributed by atoms with Crippen molar-refractivity contribution in [2.24, 2.45) is 0 Å². The van der Waals surface area contributed by atoms with Gasteiger partial charge >= 0.3 is 5.97 Å². The summed E-state index contributed by atoms with van der Waals surface area (Å²) in [4.78, 5) is 31.3. The van der Waals surface area contributed by atoms with E-state index in [4.69, 9.17) is 5.11 Å². The first-order chi connectivity index (χ1) is 12.1. The molecule has 8 heteroatoms. The summed E-state index contributed by atoms with van der Waals surface area (Å²) in [6.45, 7) is 0.383. The molecule has 0 saturated carbocycles. The minimum Gasteiger partial charge on any atom is -0.477 e. The predicted octanol–water partition coefficient (Wildman–Crippen LogP) is 1.54. The zero-order valence-electron chi connectivity index (χ0n) is 13.1. The maximum absolute atomic E-state index is 12.5. The smallest absolute Gasteiger partial charge is 0.354 e. The minimum absolute atomic E-state index is 0.0411. The quantitative estimate of drug-likeness (QED) is 0.706. The van der Waals surface area contributed by atoms with Gasteiger partial charge in [-0.15, -0.1) is 0 Å². The van der Waals surface area contributed by atoms with Gasteiger partial charge in [-0.2, -0.15) is 5.10 Å². The van der Waals surface area contributed by atoms with E-state index in [1.807, 2.05) is 30.3 Å². The van der Waals surface area contributed by atoms with Crippen LogP contribution in [0.3, 0.4) is 0 Å². The molecule has 1 aromatic carbocycles. The van der Waals surface area contributed by atoms with Crippen molar-refractivity contribution < 1.29 is 14.7 Å². The zero-order valence-corrected chi connectivity index (χ0v) is 13.1. The average Bonchev–Trinajstić information content (AvgIpc) is 3.15. The number of nitrogens with one attached hydrogen (secondary N) is 1. The van der Waals surface area contributed by atoms with Gasteiger partial charge in [-0.05, 0) is 17.7 Å². The molecular weight excluding hydrogens is 322 g/mol. The van der Waals surface area contributed by atoms with E-state index in [-0.39, 0.29) is 17.4 Å².